The van der Waals surface area contributed by atoms with Gasteiger partial charge in [0.05, 0.1) is 25.0 Å². The molecule has 1 aliphatic carbocycles. The lowest BCUT2D eigenvalue weighted by molar-refractivity contribution is -0.120. The number of aliphatic hydroxyl groups excluding tert-OH is 1. The summed E-state index contributed by atoms with van der Waals surface area (Å²) in [7, 11) is 4.21. The first-order chi connectivity index (χ1) is 18.8. The van der Waals surface area contributed by atoms with Crippen LogP contribution >= 0.6 is 0 Å². The Kier molecular flexibility index (Phi) is 12.0. The standard InChI is InChI=1S/C29H40N2O9/c1-15-11-19-25(34)20(14-21(32)27(19)39-7)31-28(35)16(2)9-8-10-22(37-5)26(40-29(30)36)18(4)13-17(3)24(33)23(12-15)38-6/h8-10,13-15,17,22-24,26,33H,11-12H2,1-7H3,(H2,30,36)(H,31,35)/b10-8-,16-9+,18-13+/t15-,17+,22-,23-,24-,26+/m1/s1. The van der Waals surface area contributed by atoms with Crippen LogP contribution in [0.15, 0.2) is 58.6 Å². The lowest BCUT2D eigenvalue weighted by atomic mass is 9.85. The number of Topliss-reactive ketones (excluding diaryl/α,β-unsaturated/α-hetero) is 1. The van der Waals surface area contributed by atoms with Crippen molar-refractivity contribution in [2.45, 2.75) is 65.0 Å². The molecule has 11 heteroatoms. The predicted octanol–water partition coefficient (Wildman–Crippen LogP) is 2.41. The molecule has 0 radical (unpaired) electrons. The average molecular weight is 561 g/mol. The second-order valence-corrected chi connectivity index (χ2v) is 10.1. The lowest BCUT2D eigenvalue weighted by Gasteiger charge is -2.29. The van der Waals surface area contributed by atoms with Gasteiger partial charge in [-0.05, 0) is 38.2 Å². The summed E-state index contributed by atoms with van der Waals surface area (Å²) in [4.78, 5) is 50.6. The zero-order valence-corrected chi connectivity index (χ0v) is 24.1. The summed E-state index contributed by atoms with van der Waals surface area (Å²) in [5, 5.41) is 13.7. The Labute approximate surface area is 234 Å². The highest BCUT2D eigenvalue weighted by Gasteiger charge is 2.34. The predicted molar refractivity (Wildman–Crippen MR) is 147 cm³/mol. The summed E-state index contributed by atoms with van der Waals surface area (Å²) in [5.74, 6) is -2.39. The van der Waals surface area contributed by atoms with E-state index in [2.05, 4.69) is 5.32 Å². The number of hydrogen-bond donors (Lipinski definition) is 3. The summed E-state index contributed by atoms with van der Waals surface area (Å²) in [5.41, 5.74) is 6.12. The van der Waals surface area contributed by atoms with Crippen molar-refractivity contribution in [2.24, 2.45) is 17.6 Å². The van der Waals surface area contributed by atoms with Gasteiger partial charge in [-0.15, -0.1) is 0 Å². The van der Waals surface area contributed by atoms with E-state index in [1.165, 1.54) is 34.3 Å². The van der Waals surface area contributed by atoms with Crippen LogP contribution in [0.25, 0.3) is 0 Å². The van der Waals surface area contributed by atoms with Crippen molar-refractivity contribution in [3.8, 4) is 0 Å². The van der Waals surface area contributed by atoms with E-state index in [-0.39, 0.29) is 34.9 Å². The molecule has 2 aliphatic rings. The van der Waals surface area contributed by atoms with E-state index in [1.54, 1.807) is 32.1 Å². The summed E-state index contributed by atoms with van der Waals surface area (Å²) in [6.07, 6.45) is 3.61. The summed E-state index contributed by atoms with van der Waals surface area (Å²) < 4.78 is 21.7. The van der Waals surface area contributed by atoms with Gasteiger partial charge in [0.1, 0.15) is 6.10 Å². The maximum Gasteiger partial charge on any atom is 0.405 e. The Hall–Kier alpha value is -3.54. The van der Waals surface area contributed by atoms with Crippen molar-refractivity contribution in [3.05, 3.63) is 58.6 Å². The van der Waals surface area contributed by atoms with Crippen molar-refractivity contribution >= 4 is 23.6 Å². The number of fused-ring (bicyclic) bond motifs is 2. The van der Waals surface area contributed by atoms with Crippen molar-refractivity contribution < 1.29 is 43.2 Å². The van der Waals surface area contributed by atoms with E-state index >= 15 is 0 Å². The Morgan fingerprint density at radius 1 is 1.10 bits per heavy atom. The van der Waals surface area contributed by atoms with Gasteiger partial charge < -0.3 is 35.1 Å². The number of carbonyl (C=O) groups excluding carboxylic acids is 4. The fraction of sp³-hybridized carbons (Fsp3) is 0.517. The molecule has 2 rings (SSSR count). The molecule has 1 aliphatic heterocycles. The fourth-order valence-electron chi connectivity index (χ4n) is 4.78. The molecule has 40 heavy (non-hydrogen) atoms. The Balaban J connectivity index is 2.60. The zero-order valence-electron chi connectivity index (χ0n) is 24.1. The van der Waals surface area contributed by atoms with Crippen LogP contribution in [-0.4, -0.2) is 74.4 Å². The third-order valence-corrected chi connectivity index (χ3v) is 6.95. The van der Waals surface area contributed by atoms with Crippen LogP contribution in [0.3, 0.4) is 0 Å². The minimum atomic E-state index is -1.00. The second-order valence-electron chi connectivity index (χ2n) is 10.1. The molecule has 0 spiro atoms. The van der Waals surface area contributed by atoms with Gasteiger partial charge >= 0.3 is 6.09 Å². The minimum Gasteiger partial charge on any atom is -0.492 e. The smallest absolute Gasteiger partial charge is 0.405 e. The van der Waals surface area contributed by atoms with E-state index in [1.807, 2.05) is 6.92 Å². The number of nitrogens with one attached hydrogen (secondary N) is 1. The lowest BCUT2D eigenvalue weighted by Crippen LogP contribution is -2.37. The molecule has 220 valence electrons. The minimum absolute atomic E-state index is 0.0801. The molecule has 1 heterocycles. The molecule has 0 unspecified atom stereocenters. The molecule has 0 aromatic heterocycles. The largest absolute Gasteiger partial charge is 0.492 e. The van der Waals surface area contributed by atoms with Crippen molar-refractivity contribution in [1.29, 1.82) is 0 Å². The van der Waals surface area contributed by atoms with E-state index in [0.717, 1.165) is 6.08 Å². The summed E-state index contributed by atoms with van der Waals surface area (Å²) >= 11 is 0. The van der Waals surface area contributed by atoms with Crippen LogP contribution in [0.2, 0.25) is 0 Å². The van der Waals surface area contributed by atoms with Gasteiger partial charge in [0.2, 0.25) is 11.6 Å². The topological polar surface area (TPSA) is 163 Å². The first kappa shape index (κ1) is 32.7. The number of primary amides is 1. The van der Waals surface area contributed by atoms with Crippen molar-refractivity contribution in [2.75, 3.05) is 21.3 Å². The molecule has 0 aromatic carbocycles. The third-order valence-electron chi connectivity index (χ3n) is 6.95. The van der Waals surface area contributed by atoms with Crippen LogP contribution in [0.1, 0.15) is 40.5 Å². The number of aliphatic hydroxyl groups is 1. The van der Waals surface area contributed by atoms with Gasteiger partial charge in [0.15, 0.2) is 11.9 Å². The van der Waals surface area contributed by atoms with Crippen LogP contribution in [-0.2, 0) is 33.3 Å². The van der Waals surface area contributed by atoms with Gasteiger partial charge in [-0.3, -0.25) is 14.4 Å². The number of nitrogens with two attached hydrogens (primary N) is 1. The van der Waals surface area contributed by atoms with E-state index in [0.29, 0.717) is 12.0 Å². The Morgan fingerprint density at radius 2 is 1.77 bits per heavy atom. The fourth-order valence-corrected chi connectivity index (χ4v) is 4.78. The number of rotatable bonds is 4. The highest BCUT2D eigenvalue weighted by molar-refractivity contribution is 6.23. The quantitative estimate of drug-likeness (QED) is 0.346. The van der Waals surface area contributed by atoms with Gasteiger partial charge in [0, 0.05) is 37.4 Å². The van der Waals surface area contributed by atoms with Gasteiger partial charge in [-0.25, -0.2) is 4.79 Å². The highest BCUT2D eigenvalue weighted by Crippen LogP contribution is 2.29. The number of carbonyl (C=O) groups is 4. The van der Waals surface area contributed by atoms with Crippen LogP contribution in [0, 0.1) is 11.8 Å². The molecule has 2 amide bonds. The zero-order chi connectivity index (χ0) is 30.1. The van der Waals surface area contributed by atoms with Gasteiger partial charge in [0.25, 0.3) is 5.91 Å². The molecule has 4 N–H and O–H groups in total. The number of hydrogen-bond acceptors (Lipinski definition) is 9. The SMILES string of the molecule is COC1=C2C[C@@H](C)C[C@@H](OC)[C@H](O)[C@@H](C)/C=C(\C)[C@H](OC(N)=O)[C@H](OC)/C=C\C=C(/C)C(=O)NC(=CC1=O)C2=O. The van der Waals surface area contributed by atoms with E-state index < -0.39 is 53.9 Å². The first-order valence-electron chi connectivity index (χ1n) is 13.0. The number of amides is 2. The van der Waals surface area contributed by atoms with Gasteiger partial charge in [-0.1, -0.05) is 38.2 Å². The molecule has 0 saturated heterocycles. The third kappa shape index (κ3) is 8.23. The maximum absolute atomic E-state index is 13.3. The van der Waals surface area contributed by atoms with Crippen molar-refractivity contribution in [1.82, 2.24) is 5.32 Å². The van der Waals surface area contributed by atoms with Crippen LogP contribution in [0.5, 0.6) is 0 Å². The first-order valence-corrected chi connectivity index (χ1v) is 13.0. The summed E-state index contributed by atoms with van der Waals surface area (Å²) in [6.45, 7) is 6.92. The second kappa shape index (κ2) is 14.7. The molecular formula is C29H40N2O9. The van der Waals surface area contributed by atoms with Gasteiger partial charge in [-0.2, -0.15) is 0 Å². The normalized spacial score (nSPS) is 32.7. The van der Waals surface area contributed by atoms with E-state index in [4.69, 9.17) is 24.7 Å². The Bertz CT molecular complexity index is 1150. The monoisotopic (exact) mass is 560 g/mol. The molecule has 0 saturated carbocycles. The van der Waals surface area contributed by atoms with Crippen molar-refractivity contribution in [3.63, 3.8) is 0 Å². The molecular weight excluding hydrogens is 520 g/mol. The van der Waals surface area contributed by atoms with Crippen LogP contribution in [0.4, 0.5) is 4.79 Å². The number of allylic oxidation sites excluding steroid dienone is 4. The average Bonchev–Trinajstić information content (AvgIpc) is 2.90. The number of methoxy groups -OCH3 is 3. The Morgan fingerprint density at radius 3 is 2.35 bits per heavy atom. The maximum atomic E-state index is 13.3. The molecule has 6 atom stereocenters. The molecule has 0 fully saturated rings. The highest BCUT2D eigenvalue weighted by atomic mass is 16.6. The molecule has 2 bridgehead atoms. The molecule has 0 aromatic rings. The number of ether oxygens (including phenoxy) is 4. The van der Waals surface area contributed by atoms with Crippen LogP contribution < -0.4 is 11.1 Å². The number of ketones is 2. The summed E-state index contributed by atoms with van der Waals surface area (Å²) in [6, 6.07) is 0. The molecule has 11 nitrogen and oxygen atoms in total. The van der Waals surface area contributed by atoms with E-state index in [9.17, 15) is 24.3 Å².